The van der Waals surface area contributed by atoms with Crippen molar-refractivity contribution >= 4 is 27.2 Å². The summed E-state index contributed by atoms with van der Waals surface area (Å²) in [4.78, 5) is 12.6. The zero-order valence-corrected chi connectivity index (χ0v) is 12.6. The largest absolute Gasteiger partial charge is 0.294 e. The summed E-state index contributed by atoms with van der Waals surface area (Å²) < 4.78 is 2.92. The van der Waals surface area contributed by atoms with Crippen molar-refractivity contribution in [3.8, 4) is 0 Å². The maximum atomic E-state index is 12.6. The molecule has 0 amide bonds. The van der Waals surface area contributed by atoms with Gasteiger partial charge in [0.15, 0.2) is 5.78 Å². The molecule has 0 unspecified atom stereocenters. The minimum atomic E-state index is 0.164. The number of carbonyl (C=O) groups is 1. The lowest BCUT2D eigenvalue weighted by molar-refractivity contribution is 0.0994. The Kier molecular flexibility index (Phi) is 3.18. The van der Waals surface area contributed by atoms with E-state index in [-0.39, 0.29) is 5.78 Å². The highest BCUT2D eigenvalue weighted by Gasteiger charge is 2.16. The predicted molar refractivity (Wildman–Crippen MR) is 82.5 cm³/mol. The number of Topliss-reactive ketones (excluding diaryl/α,β-unsaturated/α-hetero) is 1. The van der Waals surface area contributed by atoms with E-state index < -0.39 is 0 Å². The molecule has 0 aliphatic heterocycles. The second-order valence-electron chi connectivity index (χ2n) is 5.02. The molecule has 2 heterocycles. The summed E-state index contributed by atoms with van der Waals surface area (Å²) in [6.07, 6.45) is 0.419. The highest BCUT2D eigenvalue weighted by atomic mass is 32.1. The number of carbonyl (C=O) groups excluding carboxylic acids is 1. The molecule has 20 heavy (non-hydrogen) atoms. The highest BCUT2D eigenvalue weighted by Crippen LogP contribution is 2.26. The van der Waals surface area contributed by atoms with Crippen LogP contribution in [0.3, 0.4) is 0 Å². The van der Waals surface area contributed by atoms with E-state index in [1.54, 1.807) is 11.3 Å². The molecule has 0 radical (unpaired) electrons. The van der Waals surface area contributed by atoms with Gasteiger partial charge in [-0.2, -0.15) is 5.10 Å². The number of hydrogen-bond donors (Lipinski definition) is 0. The van der Waals surface area contributed by atoms with Crippen LogP contribution in [0, 0.1) is 13.8 Å². The van der Waals surface area contributed by atoms with Crippen LogP contribution >= 0.6 is 11.3 Å². The summed E-state index contributed by atoms with van der Waals surface area (Å²) in [5.41, 5.74) is 3.87. The van der Waals surface area contributed by atoms with Crippen LogP contribution in [0.5, 0.6) is 0 Å². The smallest absolute Gasteiger partial charge is 0.168 e. The zero-order chi connectivity index (χ0) is 14.3. The Morgan fingerprint density at radius 3 is 2.80 bits per heavy atom. The first-order valence-corrected chi connectivity index (χ1v) is 7.44. The van der Waals surface area contributed by atoms with Gasteiger partial charge < -0.3 is 0 Å². The standard InChI is InChI=1S/C16H16N2OS/c1-10-14(11(2)18(3)17-10)9-15(19)13-6-4-5-12-7-8-20-16(12)13/h4-8H,9H2,1-3H3. The number of rotatable bonds is 3. The van der Waals surface area contributed by atoms with Crippen molar-refractivity contribution < 1.29 is 4.79 Å². The van der Waals surface area contributed by atoms with E-state index in [0.29, 0.717) is 6.42 Å². The van der Waals surface area contributed by atoms with Gasteiger partial charge in [-0.3, -0.25) is 9.48 Å². The molecule has 3 aromatic rings. The molecule has 0 bridgehead atoms. The minimum absolute atomic E-state index is 0.164. The quantitative estimate of drug-likeness (QED) is 0.688. The van der Waals surface area contributed by atoms with E-state index in [0.717, 1.165) is 32.6 Å². The van der Waals surface area contributed by atoms with Crippen molar-refractivity contribution in [2.75, 3.05) is 0 Å². The van der Waals surface area contributed by atoms with E-state index in [9.17, 15) is 4.79 Å². The van der Waals surface area contributed by atoms with Crippen molar-refractivity contribution in [1.82, 2.24) is 9.78 Å². The van der Waals surface area contributed by atoms with Crippen molar-refractivity contribution in [2.45, 2.75) is 20.3 Å². The lowest BCUT2D eigenvalue weighted by Crippen LogP contribution is -2.05. The Bertz CT molecular complexity index is 798. The van der Waals surface area contributed by atoms with Gasteiger partial charge in [0, 0.05) is 35.0 Å². The number of aryl methyl sites for hydroxylation is 2. The first-order valence-electron chi connectivity index (χ1n) is 6.56. The van der Waals surface area contributed by atoms with Gasteiger partial charge in [0.05, 0.1) is 5.69 Å². The fraction of sp³-hybridized carbons (Fsp3) is 0.250. The van der Waals surface area contributed by atoms with E-state index in [4.69, 9.17) is 0 Å². The van der Waals surface area contributed by atoms with Crippen LogP contribution in [0.1, 0.15) is 27.3 Å². The van der Waals surface area contributed by atoms with Crippen LogP contribution in [-0.4, -0.2) is 15.6 Å². The Morgan fingerprint density at radius 2 is 2.10 bits per heavy atom. The lowest BCUT2D eigenvalue weighted by Gasteiger charge is -2.04. The van der Waals surface area contributed by atoms with Crippen LogP contribution in [0.25, 0.3) is 10.1 Å². The summed E-state index contributed by atoms with van der Waals surface area (Å²) >= 11 is 1.62. The number of nitrogens with zero attached hydrogens (tertiary/aromatic N) is 2. The van der Waals surface area contributed by atoms with E-state index >= 15 is 0 Å². The Labute approximate surface area is 121 Å². The molecule has 0 saturated heterocycles. The van der Waals surface area contributed by atoms with Gasteiger partial charge in [-0.05, 0) is 36.7 Å². The maximum absolute atomic E-state index is 12.6. The monoisotopic (exact) mass is 284 g/mol. The molecule has 4 heteroatoms. The Balaban J connectivity index is 1.99. The fourth-order valence-electron chi connectivity index (χ4n) is 2.54. The second kappa shape index (κ2) is 4.87. The predicted octanol–water partition coefficient (Wildman–Crippen LogP) is 3.68. The fourth-order valence-corrected chi connectivity index (χ4v) is 3.47. The average Bonchev–Trinajstić information content (AvgIpc) is 2.99. The summed E-state index contributed by atoms with van der Waals surface area (Å²) in [7, 11) is 1.91. The normalized spacial score (nSPS) is 11.2. The number of thiophene rings is 1. The first-order chi connectivity index (χ1) is 9.58. The van der Waals surface area contributed by atoms with Crippen LogP contribution < -0.4 is 0 Å². The summed E-state index contributed by atoms with van der Waals surface area (Å²) in [6, 6.07) is 7.97. The van der Waals surface area contributed by atoms with Gasteiger partial charge in [0.1, 0.15) is 0 Å². The van der Waals surface area contributed by atoms with Crippen molar-refractivity contribution in [1.29, 1.82) is 0 Å². The summed E-state index contributed by atoms with van der Waals surface area (Å²) in [5, 5.41) is 7.55. The molecule has 0 saturated carbocycles. The molecule has 3 nitrogen and oxygen atoms in total. The summed E-state index contributed by atoms with van der Waals surface area (Å²) in [5.74, 6) is 0.164. The van der Waals surface area contributed by atoms with Crippen molar-refractivity contribution in [3.05, 3.63) is 52.2 Å². The molecular weight excluding hydrogens is 268 g/mol. The molecule has 0 N–H and O–H groups in total. The third kappa shape index (κ3) is 2.06. The van der Waals surface area contributed by atoms with Crippen LogP contribution in [0.2, 0.25) is 0 Å². The maximum Gasteiger partial charge on any atom is 0.168 e. The van der Waals surface area contributed by atoms with E-state index in [1.165, 1.54) is 0 Å². The topological polar surface area (TPSA) is 34.9 Å². The summed E-state index contributed by atoms with van der Waals surface area (Å²) in [6.45, 7) is 3.97. The molecular formula is C16H16N2OS. The van der Waals surface area contributed by atoms with Gasteiger partial charge in [0.25, 0.3) is 0 Å². The first kappa shape index (κ1) is 13.1. The number of fused-ring (bicyclic) bond motifs is 1. The molecule has 0 atom stereocenters. The van der Waals surface area contributed by atoms with Gasteiger partial charge >= 0.3 is 0 Å². The Morgan fingerprint density at radius 1 is 1.30 bits per heavy atom. The highest BCUT2D eigenvalue weighted by molar-refractivity contribution is 7.17. The van der Waals surface area contributed by atoms with Gasteiger partial charge in [-0.1, -0.05) is 12.1 Å². The minimum Gasteiger partial charge on any atom is -0.294 e. The zero-order valence-electron chi connectivity index (χ0n) is 11.8. The van der Waals surface area contributed by atoms with Gasteiger partial charge in [-0.25, -0.2) is 0 Å². The number of benzene rings is 1. The van der Waals surface area contributed by atoms with Gasteiger partial charge in [-0.15, -0.1) is 11.3 Å². The lowest BCUT2D eigenvalue weighted by atomic mass is 10.0. The molecule has 2 aromatic heterocycles. The molecule has 0 spiro atoms. The number of ketones is 1. The number of aromatic nitrogens is 2. The van der Waals surface area contributed by atoms with E-state index in [1.807, 2.05) is 49.2 Å². The van der Waals surface area contributed by atoms with Crippen molar-refractivity contribution in [3.63, 3.8) is 0 Å². The molecule has 0 aliphatic carbocycles. The van der Waals surface area contributed by atoms with Crippen LogP contribution in [0.4, 0.5) is 0 Å². The van der Waals surface area contributed by atoms with Crippen molar-refractivity contribution in [2.24, 2.45) is 7.05 Å². The molecule has 3 rings (SSSR count). The average molecular weight is 284 g/mol. The van der Waals surface area contributed by atoms with Crippen LogP contribution in [-0.2, 0) is 13.5 Å². The van der Waals surface area contributed by atoms with E-state index in [2.05, 4.69) is 11.2 Å². The molecule has 0 fully saturated rings. The third-order valence-electron chi connectivity index (χ3n) is 3.78. The third-order valence-corrected chi connectivity index (χ3v) is 4.74. The molecule has 1 aromatic carbocycles. The number of hydrogen-bond acceptors (Lipinski definition) is 3. The van der Waals surface area contributed by atoms with Gasteiger partial charge in [0.2, 0.25) is 0 Å². The Hall–Kier alpha value is -1.94. The SMILES string of the molecule is Cc1nn(C)c(C)c1CC(=O)c1cccc2ccsc12. The van der Waals surface area contributed by atoms with Crippen LogP contribution in [0.15, 0.2) is 29.6 Å². The molecule has 0 aliphatic rings. The second-order valence-corrected chi connectivity index (χ2v) is 5.93. The molecule has 102 valence electrons.